The number of nitrogens with one attached hydrogen (secondary N) is 2. The second-order valence-electron chi connectivity index (χ2n) is 7.17. The summed E-state index contributed by atoms with van der Waals surface area (Å²) in [5.41, 5.74) is 0.921. The van der Waals surface area contributed by atoms with E-state index >= 15 is 0 Å². The summed E-state index contributed by atoms with van der Waals surface area (Å²) in [4.78, 5) is 9.60. The van der Waals surface area contributed by atoms with Crippen LogP contribution in [0.3, 0.4) is 0 Å². The van der Waals surface area contributed by atoms with Gasteiger partial charge < -0.3 is 20.0 Å². The van der Waals surface area contributed by atoms with Gasteiger partial charge in [0, 0.05) is 37.6 Å². The summed E-state index contributed by atoms with van der Waals surface area (Å²) in [5.74, 6) is 1.76. The van der Waals surface area contributed by atoms with Crippen LogP contribution in [0.15, 0.2) is 39.7 Å². The van der Waals surface area contributed by atoms with E-state index in [1.807, 2.05) is 18.2 Å². The van der Waals surface area contributed by atoms with Crippen LogP contribution in [0, 0.1) is 0 Å². The van der Waals surface area contributed by atoms with E-state index in [9.17, 15) is 0 Å². The monoisotopic (exact) mass is 485 g/mol. The van der Waals surface area contributed by atoms with Crippen molar-refractivity contribution in [1.82, 2.24) is 20.4 Å². The van der Waals surface area contributed by atoms with Crippen LogP contribution in [0.2, 0.25) is 0 Å². The third kappa shape index (κ3) is 5.83. The van der Waals surface area contributed by atoms with Crippen LogP contribution in [-0.4, -0.2) is 68.6 Å². The van der Waals surface area contributed by atoms with Crippen LogP contribution < -0.4 is 10.6 Å². The Bertz CT molecular complexity index is 714. The Hall–Kier alpha value is -1.32. The molecule has 1 aliphatic heterocycles. The average molecular weight is 485 g/mol. The quantitative estimate of drug-likeness (QED) is 0.388. The van der Waals surface area contributed by atoms with E-state index in [4.69, 9.17) is 9.41 Å². The SMILES string of the molecule is CCNC(=NCC1CN(C)CCN1C)NC(C)c1cc2ccccc2o1.I. The first-order valence-corrected chi connectivity index (χ1v) is 9.49. The molecule has 0 spiro atoms. The first-order valence-electron chi connectivity index (χ1n) is 9.49. The lowest BCUT2D eigenvalue weighted by atomic mass is 10.2. The molecule has 150 valence electrons. The fraction of sp³-hybridized carbons (Fsp3) is 0.550. The van der Waals surface area contributed by atoms with Crippen molar-refractivity contribution in [2.75, 3.05) is 46.8 Å². The van der Waals surface area contributed by atoms with Crippen molar-refractivity contribution in [1.29, 1.82) is 0 Å². The summed E-state index contributed by atoms with van der Waals surface area (Å²) < 4.78 is 5.97. The second-order valence-corrected chi connectivity index (χ2v) is 7.17. The van der Waals surface area contributed by atoms with Crippen molar-refractivity contribution >= 4 is 40.9 Å². The highest BCUT2D eigenvalue weighted by molar-refractivity contribution is 14.0. The summed E-state index contributed by atoms with van der Waals surface area (Å²) >= 11 is 0. The van der Waals surface area contributed by atoms with E-state index in [1.165, 1.54) is 0 Å². The second kappa shape index (κ2) is 10.3. The molecule has 1 fully saturated rings. The highest BCUT2D eigenvalue weighted by atomic mass is 127. The topological polar surface area (TPSA) is 56.0 Å². The van der Waals surface area contributed by atoms with Crippen LogP contribution in [0.4, 0.5) is 0 Å². The van der Waals surface area contributed by atoms with Gasteiger partial charge >= 0.3 is 0 Å². The van der Waals surface area contributed by atoms with Gasteiger partial charge in [0.1, 0.15) is 11.3 Å². The van der Waals surface area contributed by atoms with Crippen molar-refractivity contribution in [3.05, 3.63) is 36.1 Å². The molecule has 1 saturated heterocycles. The molecule has 2 heterocycles. The molecule has 0 bridgehead atoms. The minimum Gasteiger partial charge on any atom is -0.459 e. The zero-order chi connectivity index (χ0) is 18.5. The lowest BCUT2D eigenvalue weighted by Gasteiger charge is -2.37. The maximum atomic E-state index is 5.97. The molecule has 27 heavy (non-hydrogen) atoms. The van der Waals surface area contributed by atoms with Gasteiger partial charge in [0.15, 0.2) is 5.96 Å². The molecule has 0 radical (unpaired) electrons. The number of benzene rings is 1. The number of piperazine rings is 1. The molecule has 0 saturated carbocycles. The number of likely N-dealkylation sites (N-methyl/N-ethyl adjacent to an activating group) is 2. The first-order chi connectivity index (χ1) is 12.6. The van der Waals surface area contributed by atoms with Gasteiger partial charge in [-0.25, -0.2) is 0 Å². The predicted octanol–water partition coefficient (Wildman–Crippen LogP) is 2.91. The zero-order valence-electron chi connectivity index (χ0n) is 16.7. The first kappa shape index (κ1) is 22.0. The summed E-state index contributed by atoms with van der Waals surface area (Å²) in [6.45, 7) is 9.07. The van der Waals surface area contributed by atoms with E-state index in [-0.39, 0.29) is 30.0 Å². The lowest BCUT2D eigenvalue weighted by molar-refractivity contribution is 0.119. The van der Waals surface area contributed by atoms with E-state index in [0.29, 0.717) is 6.04 Å². The summed E-state index contributed by atoms with van der Waals surface area (Å²) in [6, 6.07) is 10.7. The normalized spacial score (nSPS) is 20.3. The molecule has 1 aliphatic rings. The van der Waals surface area contributed by atoms with Gasteiger partial charge in [0.25, 0.3) is 0 Å². The predicted molar refractivity (Wildman–Crippen MR) is 123 cm³/mol. The highest BCUT2D eigenvalue weighted by Crippen LogP contribution is 2.23. The average Bonchev–Trinajstić information content (AvgIpc) is 3.07. The van der Waals surface area contributed by atoms with Crippen molar-refractivity contribution < 1.29 is 4.42 Å². The minimum atomic E-state index is 0. The Morgan fingerprint density at radius 2 is 2.07 bits per heavy atom. The number of para-hydroxylation sites is 1. The molecule has 1 aromatic heterocycles. The summed E-state index contributed by atoms with van der Waals surface area (Å²) in [6.07, 6.45) is 0. The molecule has 7 heteroatoms. The Morgan fingerprint density at radius 1 is 1.30 bits per heavy atom. The maximum absolute atomic E-state index is 5.97. The number of guanidine groups is 1. The van der Waals surface area contributed by atoms with Crippen molar-refractivity contribution in [2.45, 2.75) is 25.9 Å². The van der Waals surface area contributed by atoms with E-state index < -0.39 is 0 Å². The van der Waals surface area contributed by atoms with Crippen molar-refractivity contribution in [3.63, 3.8) is 0 Å². The van der Waals surface area contributed by atoms with Crippen LogP contribution in [0.1, 0.15) is 25.6 Å². The molecule has 2 aromatic rings. The number of furan rings is 1. The summed E-state index contributed by atoms with van der Waals surface area (Å²) in [7, 11) is 4.36. The fourth-order valence-electron chi connectivity index (χ4n) is 3.31. The molecule has 2 atom stereocenters. The number of halogens is 1. The molecule has 0 amide bonds. The number of rotatable bonds is 5. The van der Waals surface area contributed by atoms with Gasteiger partial charge in [-0.2, -0.15) is 0 Å². The van der Waals surface area contributed by atoms with E-state index in [2.05, 4.69) is 60.5 Å². The van der Waals surface area contributed by atoms with Gasteiger partial charge in [-0.1, -0.05) is 18.2 Å². The van der Waals surface area contributed by atoms with Gasteiger partial charge in [-0.3, -0.25) is 9.89 Å². The van der Waals surface area contributed by atoms with Crippen molar-refractivity contribution in [2.24, 2.45) is 4.99 Å². The van der Waals surface area contributed by atoms with Gasteiger partial charge in [-0.05, 0) is 40.1 Å². The zero-order valence-corrected chi connectivity index (χ0v) is 19.1. The summed E-state index contributed by atoms with van der Waals surface area (Å²) in [5, 5.41) is 7.95. The fourth-order valence-corrected chi connectivity index (χ4v) is 3.31. The molecule has 0 aliphatic carbocycles. The molecule has 3 rings (SSSR count). The Labute approximate surface area is 179 Å². The smallest absolute Gasteiger partial charge is 0.191 e. The number of hydrogen-bond donors (Lipinski definition) is 2. The Morgan fingerprint density at radius 3 is 2.81 bits per heavy atom. The number of aliphatic imine (C=N–C) groups is 1. The molecule has 1 aromatic carbocycles. The van der Waals surface area contributed by atoms with E-state index in [0.717, 1.165) is 55.4 Å². The number of fused-ring (bicyclic) bond motifs is 1. The van der Waals surface area contributed by atoms with Gasteiger partial charge in [-0.15, -0.1) is 24.0 Å². The van der Waals surface area contributed by atoms with Gasteiger partial charge in [0.05, 0.1) is 12.6 Å². The number of hydrogen-bond acceptors (Lipinski definition) is 4. The Balaban J connectivity index is 0.00000261. The standard InChI is InChI=1S/C20H31N5O.HI/c1-5-21-20(22-13-17-14-24(3)10-11-25(17)4)23-15(2)19-12-16-8-6-7-9-18(16)26-19;/h6-9,12,15,17H,5,10-11,13-14H2,1-4H3,(H2,21,22,23);1H. The van der Waals surface area contributed by atoms with Gasteiger partial charge in [0.2, 0.25) is 0 Å². The third-order valence-corrected chi connectivity index (χ3v) is 5.01. The lowest BCUT2D eigenvalue weighted by Crippen LogP contribution is -2.51. The van der Waals surface area contributed by atoms with Crippen LogP contribution >= 0.6 is 24.0 Å². The third-order valence-electron chi connectivity index (χ3n) is 5.01. The molecular weight excluding hydrogens is 453 g/mol. The van der Waals surface area contributed by atoms with Crippen LogP contribution in [-0.2, 0) is 0 Å². The molecular formula is C20H32IN5O. The largest absolute Gasteiger partial charge is 0.459 e. The molecule has 2 unspecified atom stereocenters. The number of nitrogens with zero attached hydrogens (tertiary/aromatic N) is 3. The van der Waals surface area contributed by atoms with Crippen molar-refractivity contribution in [3.8, 4) is 0 Å². The minimum absolute atomic E-state index is 0. The van der Waals surface area contributed by atoms with Crippen LogP contribution in [0.5, 0.6) is 0 Å². The van der Waals surface area contributed by atoms with Crippen LogP contribution in [0.25, 0.3) is 11.0 Å². The molecule has 6 nitrogen and oxygen atoms in total. The highest BCUT2D eigenvalue weighted by Gasteiger charge is 2.22. The molecule has 2 N–H and O–H groups in total. The van der Waals surface area contributed by atoms with E-state index in [1.54, 1.807) is 0 Å². The maximum Gasteiger partial charge on any atom is 0.191 e. The Kier molecular flexibility index (Phi) is 8.37.